The van der Waals surface area contributed by atoms with E-state index >= 15 is 0 Å². The Hall–Kier alpha value is -2.93. The molecule has 2 aliphatic heterocycles. The number of aliphatic hydroxyl groups excluding tert-OH is 1. The predicted octanol–water partition coefficient (Wildman–Crippen LogP) is 1.24. The first-order valence-electron chi connectivity index (χ1n) is 9.89. The van der Waals surface area contributed by atoms with E-state index in [4.69, 9.17) is 0 Å². The average Bonchev–Trinajstić information content (AvgIpc) is 3.24. The van der Waals surface area contributed by atoms with Gasteiger partial charge in [-0.15, -0.1) is 0 Å². The van der Waals surface area contributed by atoms with Crippen molar-refractivity contribution in [2.24, 2.45) is 11.8 Å². The van der Waals surface area contributed by atoms with Gasteiger partial charge in [-0.1, -0.05) is 36.4 Å². The smallest absolute Gasteiger partial charge is 0.250 e. The van der Waals surface area contributed by atoms with Gasteiger partial charge in [-0.2, -0.15) is 0 Å². The van der Waals surface area contributed by atoms with Crippen LogP contribution in [0.1, 0.15) is 37.2 Å². The molecule has 0 bridgehead atoms. The van der Waals surface area contributed by atoms with E-state index in [2.05, 4.69) is 5.32 Å². The molecule has 0 radical (unpaired) electrons. The number of fused-ring (bicyclic) bond motifs is 3. The fourth-order valence-corrected chi connectivity index (χ4v) is 4.92. The Morgan fingerprint density at radius 3 is 2.55 bits per heavy atom. The van der Waals surface area contributed by atoms with Crippen LogP contribution in [0.3, 0.4) is 0 Å². The van der Waals surface area contributed by atoms with Gasteiger partial charge in [-0.05, 0) is 18.6 Å². The Balaban J connectivity index is 1.67. The molecule has 3 heterocycles. The molecule has 29 heavy (non-hydrogen) atoms. The quantitative estimate of drug-likeness (QED) is 0.815. The third-order valence-electron chi connectivity index (χ3n) is 6.24. The maximum absolute atomic E-state index is 13.2. The van der Waals surface area contributed by atoms with Crippen LogP contribution in [0.15, 0.2) is 53.3 Å². The molecule has 0 saturated carbocycles. The Bertz CT molecular complexity index is 987. The standard InChI is InChI=1S/C22H25N3O4/c1-13(15-7-4-3-5-8-15)23-22(29)21-17(12-26)16-11-24-18(9-6-10-19(24)28)20(16)25(21)14(2)27/h3-10,13,16-17,20-21,26H,11-12H2,1-2H3,(H,23,29)/t13-,16+,17+,20-,21+/m0/s1. The number of benzene rings is 1. The summed E-state index contributed by atoms with van der Waals surface area (Å²) in [5.41, 5.74) is 1.56. The minimum atomic E-state index is -0.775. The summed E-state index contributed by atoms with van der Waals surface area (Å²) in [7, 11) is 0. The second kappa shape index (κ2) is 7.48. The van der Waals surface area contributed by atoms with E-state index in [9.17, 15) is 19.5 Å². The summed E-state index contributed by atoms with van der Waals surface area (Å²) in [4.78, 5) is 39.6. The molecule has 2 amide bonds. The van der Waals surface area contributed by atoms with Gasteiger partial charge in [-0.3, -0.25) is 14.4 Å². The zero-order valence-electron chi connectivity index (χ0n) is 16.5. The van der Waals surface area contributed by atoms with Crippen molar-refractivity contribution in [3.8, 4) is 0 Å². The van der Waals surface area contributed by atoms with Gasteiger partial charge in [0.15, 0.2) is 0 Å². The normalized spacial score (nSPS) is 26.0. The number of carbonyl (C=O) groups is 2. The summed E-state index contributed by atoms with van der Waals surface area (Å²) in [6.07, 6.45) is 0. The molecule has 1 aromatic heterocycles. The van der Waals surface area contributed by atoms with Crippen molar-refractivity contribution in [2.45, 2.75) is 38.5 Å². The second-order valence-corrected chi connectivity index (χ2v) is 7.87. The van der Waals surface area contributed by atoms with E-state index in [0.29, 0.717) is 6.54 Å². The maximum Gasteiger partial charge on any atom is 0.250 e. The number of hydrogen-bond donors (Lipinski definition) is 2. The summed E-state index contributed by atoms with van der Waals surface area (Å²) in [6, 6.07) is 13.2. The van der Waals surface area contributed by atoms with E-state index in [0.717, 1.165) is 11.3 Å². The van der Waals surface area contributed by atoms with E-state index in [1.165, 1.54) is 13.0 Å². The summed E-state index contributed by atoms with van der Waals surface area (Å²) in [6.45, 7) is 3.49. The molecular formula is C22H25N3O4. The highest BCUT2D eigenvalue weighted by Crippen LogP contribution is 2.49. The fraction of sp³-hybridized carbons (Fsp3) is 0.409. The number of likely N-dealkylation sites (tertiary alicyclic amines) is 1. The molecule has 1 aromatic carbocycles. The van der Waals surface area contributed by atoms with E-state index < -0.39 is 12.0 Å². The highest BCUT2D eigenvalue weighted by Gasteiger charge is 2.56. The number of nitrogens with one attached hydrogen (secondary N) is 1. The molecule has 7 nitrogen and oxygen atoms in total. The van der Waals surface area contributed by atoms with Gasteiger partial charge >= 0.3 is 0 Å². The minimum Gasteiger partial charge on any atom is -0.396 e. The number of amides is 2. The topological polar surface area (TPSA) is 91.6 Å². The van der Waals surface area contributed by atoms with Crippen LogP contribution in [0.5, 0.6) is 0 Å². The van der Waals surface area contributed by atoms with Gasteiger partial charge in [0.2, 0.25) is 11.8 Å². The molecule has 4 rings (SSSR count). The lowest BCUT2D eigenvalue weighted by Crippen LogP contribution is -2.50. The maximum atomic E-state index is 13.2. The third-order valence-corrected chi connectivity index (χ3v) is 6.24. The monoisotopic (exact) mass is 395 g/mol. The summed E-state index contributed by atoms with van der Waals surface area (Å²) < 4.78 is 1.65. The number of nitrogens with zero attached hydrogens (tertiary/aromatic N) is 2. The lowest BCUT2D eigenvalue weighted by Gasteiger charge is -2.31. The largest absolute Gasteiger partial charge is 0.396 e. The van der Waals surface area contributed by atoms with Crippen LogP contribution in [0.4, 0.5) is 0 Å². The molecule has 0 unspecified atom stereocenters. The number of pyridine rings is 1. The zero-order valence-corrected chi connectivity index (χ0v) is 16.5. The highest BCUT2D eigenvalue weighted by atomic mass is 16.3. The highest BCUT2D eigenvalue weighted by molar-refractivity contribution is 5.88. The molecule has 2 aliphatic rings. The summed E-state index contributed by atoms with van der Waals surface area (Å²) >= 11 is 0. The predicted molar refractivity (Wildman–Crippen MR) is 107 cm³/mol. The molecule has 2 aromatic rings. The van der Waals surface area contributed by atoms with Gasteiger partial charge in [0.1, 0.15) is 6.04 Å². The van der Waals surface area contributed by atoms with Gasteiger partial charge in [0.05, 0.1) is 12.1 Å². The SMILES string of the molecule is CC(=O)N1[C@@H]2c3cccc(=O)n3C[C@@H]2[C@@H](CO)[C@@H]1C(=O)N[C@@H](C)c1ccccc1. The first-order chi connectivity index (χ1) is 13.9. The van der Waals surface area contributed by atoms with Crippen molar-refractivity contribution in [1.29, 1.82) is 0 Å². The second-order valence-electron chi connectivity index (χ2n) is 7.87. The average molecular weight is 395 g/mol. The zero-order chi connectivity index (χ0) is 20.7. The Morgan fingerprint density at radius 2 is 1.90 bits per heavy atom. The third kappa shape index (κ3) is 3.15. The molecule has 5 atom stereocenters. The Labute approximate surface area is 169 Å². The van der Waals surface area contributed by atoms with Crippen LogP contribution in [-0.2, 0) is 16.1 Å². The molecule has 0 aliphatic carbocycles. The van der Waals surface area contributed by atoms with Crippen molar-refractivity contribution in [3.63, 3.8) is 0 Å². The van der Waals surface area contributed by atoms with Crippen molar-refractivity contribution < 1.29 is 14.7 Å². The van der Waals surface area contributed by atoms with Crippen LogP contribution in [0.25, 0.3) is 0 Å². The van der Waals surface area contributed by atoms with Crippen molar-refractivity contribution in [3.05, 3.63) is 70.1 Å². The number of hydrogen-bond acceptors (Lipinski definition) is 4. The van der Waals surface area contributed by atoms with Crippen molar-refractivity contribution >= 4 is 11.8 Å². The van der Waals surface area contributed by atoms with Crippen LogP contribution in [0, 0.1) is 11.8 Å². The van der Waals surface area contributed by atoms with Crippen LogP contribution in [-0.4, -0.2) is 39.0 Å². The van der Waals surface area contributed by atoms with Crippen molar-refractivity contribution in [2.75, 3.05) is 6.61 Å². The number of rotatable bonds is 4. The lowest BCUT2D eigenvalue weighted by molar-refractivity contribution is -0.140. The number of carbonyl (C=O) groups excluding carboxylic acids is 2. The minimum absolute atomic E-state index is 0.129. The molecule has 7 heteroatoms. The van der Waals surface area contributed by atoms with E-state index in [-0.39, 0.29) is 42.0 Å². The molecule has 1 fully saturated rings. The Morgan fingerprint density at radius 1 is 1.17 bits per heavy atom. The van der Waals surface area contributed by atoms with Gasteiger partial charge in [0, 0.05) is 43.7 Å². The first kappa shape index (κ1) is 19.4. The number of aliphatic hydroxyl groups is 1. The van der Waals surface area contributed by atoms with E-state index in [1.54, 1.807) is 15.5 Å². The van der Waals surface area contributed by atoms with Crippen molar-refractivity contribution in [1.82, 2.24) is 14.8 Å². The lowest BCUT2D eigenvalue weighted by atomic mass is 9.88. The molecule has 2 N–H and O–H groups in total. The summed E-state index contributed by atoms with van der Waals surface area (Å²) in [5.74, 6) is -1.14. The van der Waals surface area contributed by atoms with Gasteiger partial charge < -0.3 is 19.9 Å². The van der Waals surface area contributed by atoms with Gasteiger partial charge in [-0.25, -0.2) is 0 Å². The van der Waals surface area contributed by atoms with Crippen LogP contribution >= 0.6 is 0 Å². The molecule has 1 saturated heterocycles. The summed E-state index contributed by atoms with van der Waals surface area (Å²) in [5, 5.41) is 13.1. The van der Waals surface area contributed by atoms with Crippen LogP contribution < -0.4 is 10.9 Å². The van der Waals surface area contributed by atoms with Crippen LogP contribution in [0.2, 0.25) is 0 Å². The molecular weight excluding hydrogens is 370 g/mol. The van der Waals surface area contributed by atoms with E-state index in [1.807, 2.05) is 43.3 Å². The first-order valence-corrected chi connectivity index (χ1v) is 9.89. The van der Waals surface area contributed by atoms with Gasteiger partial charge in [0.25, 0.3) is 5.56 Å². The molecule has 0 spiro atoms. The molecule has 152 valence electrons. The fourth-order valence-electron chi connectivity index (χ4n) is 4.92. The number of aromatic nitrogens is 1. The Kier molecular flexibility index (Phi) is 5.00.